The van der Waals surface area contributed by atoms with Crippen molar-refractivity contribution in [2.24, 2.45) is 0 Å². The first-order chi connectivity index (χ1) is 9.20. The summed E-state index contributed by atoms with van der Waals surface area (Å²) < 4.78 is 23.7. The third-order valence-electron chi connectivity index (χ3n) is 3.51. The van der Waals surface area contributed by atoms with Crippen LogP contribution in [0.5, 0.6) is 0 Å². The molecule has 1 rings (SSSR count). The van der Waals surface area contributed by atoms with E-state index in [0.717, 1.165) is 36.7 Å². The summed E-state index contributed by atoms with van der Waals surface area (Å²) in [6.07, 6.45) is 1.11. The summed E-state index contributed by atoms with van der Waals surface area (Å²) in [6.45, 7) is 4.97. The molecule has 118 valence electrons. The van der Waals surface area contributed by atoms with Crippen LogP contribution in [0.1, 0.15) is 0 Å². The van der Waals surface area contributed by atoms with Gasteiger partial charge >= 0.3 is 0 Å². The molecule has 1 aliphatic rings. The van der Waals surface area contributed by atoms with E-state index >= 15 is 0 Å². The molecule has 1 amide bonds. The predicted molar refractivity (Wildman–Crippen MR) is 79.0 cm³/mol. The van der Waals surface area contributed by atoms with E-state index in [9.17, 15) is 13.2 Å². The van der Waals surface area contributed by atoms with Gasteiger partial charge in [0.1, 0.15) is 0 Å². The zero-order chi connectivity index (χ0) is 15.3. The zero-order valence-corrected chi connectivity index (χ0v) is 13.7. The van der Waals surface area contributed by atoms with Gasteiger partial charge in [0.15, 0.2) is 0 Å². The molecule has 0 radical (unpaired) electrons. The van der Waals surface area contributed by atoms with Crippen molar-refractivity contribution in [2.75, 3.05) is 73.2 Å². The molecule has 0 aromatic heterocycles. The molecule has 1 fully saturated rings. The van der Waals surface area contributed by atoms with E-state index in [2.05, 4.69) is 9.80 Å². The van der Waals surface area contributed by atoms with Gasteiger partial charge < -0.3 is 9.80 Å². The number of piperazine rings is 1. The van der Waals surface area contributed by atoms with Crippen LogP contribution in [0.2, 0.25) is 0 Å². The first kappa shape index (κ1) is 17.4. The summed E-state index contributed by atoms with van der Waals surface area (Å²) in [7, 11) is 2.22. The summed E-state index contributed by atoms with van der Waals surface area (Å²) in [4.78, 5) is 18.2. The molecule has 1 saturated heterocycles. The van der Waals surface area contributed by atoms with E-state index in [0.29, 0.717) is 13.1 Å². The highest BCUT2D eigenvalue weighted by molar-refractivity contribution is 7.88. The minimum Gasteiger partial charge on any atom is -0.339 e. The summed E-state index contributed by atoms with van der Waals surface area (Å²) in [5.41, 5.74) is 0. The Bertz CT molecular complexity index is 416. The molecule has 0 unspecified atom stereocenters. The number of sulfonamides is 1. The fourth-order valence-corrected chi connectivity index (χ4v) is 2.31. The Morgan fingerprint density at radius 1 is 1.10 bits per heavy atom. The number of carbonyl (C=O) groups is 1. The van der Waals surface area contributed by atoms with E-state index in [1.165, 1.54) is 7.05 Å². The molecule has 0 bridgehead atoms. The molecule has 0 aromatic carbocycles. The predicted octanol–water partition coefficient (Wildman–Crippen LogP) is -1.42. The molecule has 8 heteroatoms. The maximum absolute atomic E-state index is 12.0. The topological polar surface area (TPSA) is 64.2 Å². The Labute approximate surface area is 122 Å². The van der Waals surface area contributed by atoms with Crippen molar-refractivity contribution in [2.45, 2.75) is 0 Å². The number of hydrogen-bond acceptors (Lipinski definition) is 5. The number of carbonyl (C=O) groups excluding carboxylic acids is 1. The quantitative estimate of drug-likeness (QED) is 0.603. The van der Waals surface area contributed by atoms with Crippen LogP contribution in [-0.4, -0.2) is 107 Å². The standard InChI is InChI=1S/C12H26N4O3S/c1-13(2)5-6-15-7-9-16(10-8-15)12(17)11-14(3)20(4,18)19/h5-11H2,1-4H3. The summed E-state index contributed by atoms with van der Waals surface area (Å²) in [5.74, 6) is -0.120. The average molecular weight is 306 g/mol. The van der Waals surface area contributed by atoms with E-state index in [4.69, 9.17) is 0 Å². The molecule has 0 atom stereocenters. The fourth-order valence-electron chi connectivity index (χ4n) is 1.97. The summed E-state index contributed by atoms with van der Waals surface area (Å²) in [6, 6.07) is 0. The highest BCUT2D eigenvalue weighted by Crippen LogP contribution is 2.04. The van der Waals surface area contributed by atoms with E-state index < -0.39 is 10.0 Å². The van der Waals surface area contributed by atoms with Gasteiger partial charge in [-0.2, -0.15) is 4.31 Å². The number of likely N-dealkylation sites (N-methyl/N-ethyl adjacent to an activating group) is 2. The van der Waals surface area contributed by atoms with Crippen molar-refractivity contribution in [1.29, 1.82) is 0 Å². The van der Waals surface area contributed by atoms with Gasteiger partial charge in [0.2, 0.25) is 15.9 Å². The van der Waals surface area contributed by atoms with Gasteiger partial charge in [0.05, 0.1) is 12.8 Å². The smallest absolute Gasteiger partial charge is 0.237 e. The third-order valence-corrected chi connectivity index (χ3v) is 4.77. The van der Waals surface area contributed by atoms with Crippen LogP contribution in [0.15, 0.2) is 0 Å². The second-order valence-corrected chi connectivity index (χ2v) is 7.63. The van der Waals surface area contributed by atoms with Crippen molar-refractivity contribution in [3.63, 3.8) is 0 Å². The number of nitrogens with zero attached hydrogens (tertiary/aromatic N) is 4. The van der Waals surface area contributed by atoms with E-state index in [-0.39, 0.29) is 12.5 Å². The van der Waals surface area contributed by atoms with Crippen molar-refractivity contribution in [1.82, 2.24) is 19.0 Å². The minimum absolute atomic E-state index is 0.0729. The lowest BCUT2D eigenvalue weighted by Gasteiger charge is -2.35. The molecule has 7 nitrogen and oxygen atoms in total. The van der Waals surface area contributed by atoms with Crippen LogP contribution in [-0.2, 0) is 14.8 Å². The molecule has 0 N–H and O–H groups in total. The molecule has 0 saturated carbocycles. The van der Waals surface area contributed by atoms with Crippen molar-refractivity contribution < 1.29 is 13.2 Å². The Morgan fingerprint density at radius 3 is 2.10 bits per heavy atom. The normalized spacial score (nSPS) is 18.0. The third kappa shape index (κ3) is 5.74. The monoisotopic (exact) mass is 306 g/mol. The van der Waals surface area contributed by atoms with E-state index in [1.807, 2.05) is 14.1 Å². The maximum Gasteiger partial charge on any atom is 0.237 e. The van der Waals surface area contributed by atoms with Gasteiger partial charge in [-0.25, -0.2) is 8.42 Å². The second kappa shape index (κ2) is 7.35. The van der Waals surface area contributed by atoms with Crippen LogP contribution < -0.4 is 0 Å². The Balaban J connectivity index is 2.36. The van der Waals surface area contributed by atoms with Crippen LogP contribution >= 0.6 is 0 Å². The van der Waals surface area contributed by atoms with Gasteiger partial charge in [-0.15, -0.1) is 0 Å². The van der Waals surface area contributed by atoms with Crippen molar-refractivity contribution in [3.05, 3.63) is 0 Å². The number of hydrogen-bond donors (Lipinski definition) is 0. The van der Waals surface area contributed by atoms with Gasteiger partial charge in [-0.05, 0) is 14.1 Å². The molecule has 0 aromatic rings. The van der Waals surface area contributed by atoms with Crippen LogP contribution in [0.4, 0.5) is 0 Å². The second-order valence-electron chi connectivity index (χ2n) is 5.54. The lowest BCUT2D eigenvalue weighted by Crippen LogP contribution is -2.52. The van der Waals surface area contributed by atoms with Gasteiger partial charge in [0.25, 0.3) is 0 Å². The van der Waals surface area contributed by atoms with Crippen molar-refractivity contribution >= 4 is 15.9 Å². The Hall–Kier alpha value is -0.700. The number of rotatable bonds is 6. The van der Waals surface area contributed by atoms with Gasteiger partial charge in [-0.3, -0.25) is 9.69 Å². The first-order valence-electron chi connectivity index (χ1n) is 6.76. The highest BCUT2D eigenvalue weighted by atomic mass is 32.2. The van der Waals surface area contributed by atoms with Crippen LogP contribution in [0.3, 0.4) is 0 Å². The van der Waals surface area contributed by atoms with Crippen LogP contribution in [0.25, 0.3) is 0 Å². The summed E-state index contributed by atoms with van der Waals surface area (Å²) >= 11 is 0. The van der Waals surface area contributed by atoms with Gasteiger partial charge in [-0.1, -0.05) is 0 Å². The SMILES string of the molecule is CN(C)CCN1CCN(C(=O)CN(C)S(C)(=O)=O)CC1. The maximum atomic E-state index is 12.0. The highest BCUT2D eigenvalue weighted by Gasteiger charge is 2.23. The fraction of sp³-hybridized carbons (Fsp3) is 0.917. The lowest BCUT2D eigenvalue weighted by atomic mass is 10.3. The lowest BCUT2D eigenvalue weighted by molar-refractivity contribution is -0.132. The molecule has 1 heterocycles. The first-order valence-corrected chi connectivity index (χ1v) is 8.61. The molecule has 0 spiro atoms. The molecular formula is C12H26N4O3S. The Kier molecular flexibility index (Phi) is 6.38. The molecule has 1 aliphatic heterocycles. The average Bonchev–Trinajstić information content (AvgIpc) is 2.35. The van der Waals surface area contributed by atoms with Crippen molar-refractivity contribution in [3.8, 4) is 0 Å². The molecule has 20 heavy (non-hydrogen) atoms. The molecule has 0 aliphatic carbocycles. The summed E-state index contributed by atoms with van der Waals surface area (Å²) in [5, 5.41) is 0. The molecular weight excluding hydrogens is 280 g/mol. The van der Waals surface area contributed by atoms with E-state index in [1.54, 1.807) is 4.90 Å². The van der Waals surface area contributed by atoms with Gasteiger partial charge in [0, 0.05) is 46.3 Å². The number of amides is 1. The minimum atomic E-state index is -3.30. The Morgan fingerprint density at radius 2 is 1.65 bits per heavy atom. The zero-order valence-electron chi connectivity index (χ0n) is 12.9. The largest absolute Gasteiger partial charge is 0.339 e. The van der Waals surface area contributed by atoms with Crippen LogP contribution in [0, 0.1) is 0 Å².